The molecule has 1 heterocycles. The number of hydrogen-bond acceptors (Lipinski definition) is 2. The Morgan fingerprint density at radius 3 is 1.54 bits per heavy atom. The van der Waals surface area contributed by atoms with Crippen LogP contribution < -0.4 is 4.90 Å². The zero-order chi connectivity index (χ0) is 30.5. The van der Waals surface area contributed by atoms with Crippen LogP contribution in [0.1, 0.15) is 0 Å². The second kappa shape index (κ2) is 10.8. The lowest BCUT2D eigenvalue weighted by Crippen LogP contribution is -2.10. The SMILES string of the molecule is c1ccc(-c2ccc(N(c3ccc(-c4ccccc4)cc3)c3cccc4c3ccc3cc5c(cc34)oc3ccccc35)cc2)cc1. The number of nitrogens with zero attached hydrogens (tertiary/aromatic N) is 1. The fourth-order valence-corrected chi connectivity index (χ4v) is 6.78. The Kier molecular flexibility index (Phi) is 6.17. The van der Waals surface area contributed by atoms with Crippen LogP contribution >= 0.6 is 0 Å². The van der Waals surface area contributed by atoms with E-state index in [1.807, 2.05) is 12.1 Å². The molecule has 8 aromatic carbocycles. The average molecular weight is 588 g/mol. The summed E-state index contributed by atoms with van der Waals surface area (Å²) < 4.78 is 6.31. The summed E-state index contributed by atoms with van der Waals surface area (Å²) in [5, 5.41) is 7.07. The standard InChI is InChI=1S/C44H29NO/c1-3-10-30(11-4-1)32-18-23-35(24-19-32)45(36-25-20-33(21-26-36)31-12-5-2-6-13-31)42-16-9-15-37-38(42)27-22-34-28-41-39-14-7-8-17-43(39)46-44(41)29-40(34)37/h1-29H. The highest BCUT2D eigenvalue weighted by Crippen LogP contribution is 2.43. The molecule has 0 aliphatic rings. The summed E-state index contributed by atoms with van der Waals surface area (Å²) in [5.74, 6) is 0. The van der Waals surface area contributed by atoms with Gasteiger partial charge in [-0.15, -0.1) is 0 Å². The first-order valence-electron chi connectivity index (χ1n) is 15.7. The summed E-state index contributed by atoms with van der Waals surface area (Å²) in [6, 6.07) is 62.8. The summed E-state index contributed by atoms with van der Waals surface area (Å²) in [7, 11) is 0. The molecule has 0 bridgehead atoms. The van der Waals surface area contributed by atoms with Crippen molar-refractivity contribution in [3.05, 3.63) is 176 Å². The number of fused-ring (bicyclic) bond motifs is 6. The third-order valence-electron chi connectivity index (χ3n) is 9.06. The van der Waals surface area contributed by atoms with Gasteiger partial charge < -0.3 is 9.32 Å². The van der Waals surface area contributed by atoms with Crippen LogP contribution in [0.5, 0.6) is 0 Å². The summed E-state index contributed by atoms with van der Waals surface area (Å²) >= 11 is 0. The topological polar surface area (TPSA) is 16.4 Å². The van der Waals surface area contributed by atoms with Gasteiger partial charge in [0.05, 0.1) is 5.69 Å². The molecule has 0 atom stereocenters. The largest absolute Gasteiger partial charge is 0.456 e. The minimum Gasteiger partial charge on any atom is -0.456 e. The maximum Gasteiger partial charge on any atom is 0.136 e. The molecule has 0 aliphatic carbocycles. The van der Waals surface area contributed by atoms with Crippen molar-refractivity contribution < 1.29 is 4.42 Å². The van der Waals surface area contributed by atoms with Crippen LogP contribution in [0.2, 0.25) is 0 Å². The zero-order valence-corrected chi connectivity index (χ0v) is 25.1. The van der Waals surface area contributed by atoms with Crippen LogP contribution in [0.15, 0.2) is 180 Å². The van der Waals surface area contributed by atoms with E-state index in [0.717, 1.165) is 39.0 Å². The van der Waals surface area contributed by atoms with E-state index in [1.165, 1.54) is 43.8 Å². The van der Waals surface area contributed by atoms with E-state index in [4.69, 9.17) is 4.42 Å². The molecule has 0 unspecified atom stereocenters. The van der Waals surface area contributed by atoms with Crippen molar-refractivity contribution in [3.63, 3.8) is 0 Å². The molecule has 2 nitrogen and oxygen atoms in total. The highest BCUT2D eigenvalue weighted by molar-refractivity contribution is 6.18. The van der Waals surface area contributed by atoms with Crippen molar-refractivity contribution in [2.45, 2.75) is 0 Å². The molecule has 1 aromatic heterocycles. The molecular weight excluding hydrogens is 558 g/mol. The van der Waals surface area contributed by atoms with Gasteiger partial charge in [0, 0.05) is 27.5 Å². The van der Waals surface area contributed by atoms with Gasteiger partial charge in [0.25, 0.3) is 0 Å². The molecule has 216 valence electrons. The Morgan fingerprint density at radius 1 is 0.326 bits per heavy atom. The highest BCUT2D eigenvalue weighted by Gasteiger charge is 2.18. The summed E-state index contributed by atoms with van der Waals surface area (Å²) in [5.41, 5.74) is 9.98. The average Bonchev–Trinajstić information content (AvgIpc) is 3.50. The van der Waals surface area contributed by atoms with E-state index in [0.29, 0.717) is 0 Å². The van der Waals surface area contributed by atoms with Gasteiger partial charge in [0.2, 0.25) is 0 Å². The number of furan rings is 1. The molecule has 2 heteroatoms. The molecule has 46 heavy (non-hydrogen) atoms. The Balaban J connectivity index is 1.23. The van der Waals surface area contributed by atoms with Crippen molar-refractivity contribution in [2.75, 3.05) is 4.90 Å². The number of benzene rings is 8. The Morgan fingerprint density at radius 2 is 0.891 bits per heavy atom. The van der Waals surface area contributed by atoms with Crippen molar-refractivity contribution in [3.8, 4) is 22.3 Å². The summed E-state index contributed by atoms with van der Waals surface area (Å²) in [6.07, 6.45) is 0. The third-order valence-corrected chi connectivity index (χ3v) is 9.06. The molecule has 0 saturated heterocycles. The van der Waals surface area contributed by atoms with E-state index >= 15 is 0 Å². The van der Waals surface area contributed by atoms with Gasteiger partial charge in [-0.2, -0.15) is 0 Å². The number of para-hydroxylation sites is 1. The van der Waals surface area contributed by atoms with Crippen molar-refractivity contribution in [1.82, 2.24) is 0 Å². The second-order valence-electron chi connectivity index (χ2n) is 11.8. The van der Waals surface area contributed by atoms with E-state index in [-0.39, 0.29) is 0 Å². The lowest BCUT2D eigenvalue weighted by Gasteiger charge is -2.27. The van der Waals surface area contributed by atoms with Crippen molar-refractivity contribution in [2.24, 2.45) is 0 Å². The first kappa shape index (κ1) is 26.3. The van der Waals surface area contributed by atoms with Crippen LogP contribution in [0.4, 0.5) is 17.1 Å². The highest BCUT2D eigenvalue weighted by atomic mass is 16.3. The van der Waals surface area contributed by atoms with Gasteiger partial charge in [0.15, 0.2) is 0 Å². The number of rotatable bonds is 5. The Bertz CT molecular complexity index is 2410. The third kappa shape index (κ3) is 4.43. The molecule has 0 amide bonds. The lowest BCUT2D eigenvalue weighted by molar-refractivity contribution is 0.669. The van der Waals surface area contributed by atoms with Crippen molar-refractivity contribution in [1.29, 1.82) is 0 Å². The molecule has 0 spiro atoms. The molecule has 0 saturated carbocycles. The van der Waals surface area contributed by atoms with Gasteiger partial charge in [-0.1, -0.05) is 127 Å². The number of anilines is 3. The van der Waals surface area contributed by atoms with Gasteiger partial charge in [-0.25, -0.2) is 0 Å². The first-order chi connectivity index (χ1) is 22.8. The minimum absolute atomic E-state index is 0.913. The van der Waals surface area contributed by atoms with Gasteiger partial charge in [0.1, 0.15) is 11.2 Å². The van der Waals surface area contributed by atoms with E-state index in [9.17, 15) is 0 Å². The number of hydrogen-bond donors (Lipinski definition) is 0. The van der Waals surface area contributed by atoms with Crippen LogP contribution in [0, 0.1) is 0 Å². The molecule has 0 radical (unpaired) electrons. The van der Waals surface area contributed by atoms with Gasteiger partial charge in [-0.3, -0.25) is 0 Å². The molecule has 9 aromatic rings. The minimum atomic E-state index is 0.913. The van der Waals surface area contributed by atoms with Crippen LogP contribution in [0.3, 0.4) is 0 Å². The normalized spacial score (nSPS) is 11.5. The van der Waals surface area contributed by atoms with E-state index in [1.54, 1.807) is 0 Å². The maximum atomic E-state index is 6.31. The summed E-state index contributed by atoms with van der Waals surface area (Å²) in [6.45, 7) is 0. The monoisotopic (exact) mass is 587 g/mol. The fourth-order valence-electron chi connectivity index (χ4n) is 6.78. The van der Waals surface area contributed by atoms with Crippen LogP contribution in [-0.4, -0.2) is 0 Å². The van der Waals surface area contributed by atoms with Gasteiger partial charge in [-0.05, 0) is 86.9 Å². The van der Waals surface area contributed by atoms with E-state index in [2.05, 4.69) is 169 Å². The predicted molar refractivity (Wildman–Crippen MR) is 194 cm³/mol. The Labute approximate surface area is 267 Å². The molecule has 0 fully saturated rings. The zero-order valence-electron chi connectivity index (χ0n) is 25.1. The van der Waals surface area contributed by atoms with E-state index < -0.39 is 0 Å². The second-order valence-corrected chi connectivity index (χ2v) is 11.8. The summed E-state index contributed by atoms with van der Waals surface area (Å²) in [4.78, 5) is 2.37. The molecule has 0 aliphatic heterocycles. The fraction of sp³-hybridized carbons (Fsp3) is 0. The molecule has 9 rings (SSSR count). The van der Waals surface area contributed by atoms with Crippen molar-refractivity contribution >= 4 is 60.5 Å². The van der Waals surface area contributed by atoms with Crippen LogP contribution in [-0.2, 0) is 0 Å². The van der Waals surface area contributed by atoms with Gasteiger partial charge >= 0.3 is 0 Å². The lowest BCUT2D eigenvalue weighted by atomic mass is 9.98. The smallest absolute Gasteiger partial charge is 0.136 e. The molecular formula is C44H29NO. The first-order valence-corrected chi connectivity index (χ1v) is 15.7. The van der Waals surface area contributed by atoms with Crippen LogP contribution in [0.25, 0.3) is 65.7 Å². The Hall–Kier alpha value is -6.12. The molecule has 0 N–H and O–H groups in total. The predicted octanol–water partition coefficient (Wildman–Crippen LogP) is 12.7. The maximum absolute atomic E-state index is 6.31. The quantitative estimate of drug-likeness (QED) is 0.186.